The first-order chi connectivity index (χ1) is 6.70. The molecule has 2 nitrogen and oxygen atoms in total. The summed E-state index contributed by atoms with van der Waals surface area (Å²) >= 11 is 0. The summed E-state index contributed by atoms with van der Waals surface area (Å²) in [5.41, 5.74) is 0. The first kappa shape index (κ1) is 13.3. The first-order valence-corrected chi connectivity index (χ1v) is 6.18. The van der Waals surface area contributed by atoms with E-state index in [1.54, 1.807) is 0 Å². The van der Waals surface area contributed by atoms with E-state index in [9.17, 15) is 0 Å². The Balaban J connectivity index is 0.00000112. The second kappa shape index (κ2) is 5.51. The van der Waals surface area contributed by atoms with E-state index in [1.807, 2.05) is 0 Å². The minimum absolute atomic E-state index is 0. The van der Waals surface area contributed by atoms with Crippen molar-refractivity contribution in [2.45, 2.75) is 58.2 Å². The largest absolute Gasteiger partial charge is 0.314 e. The normalized spacial score (nSPS) is 42.6. The second-order valence-electron chi connectivity index (χ2n) is 5.28. The van der Waals surface area contributed by atoms with Gasteiger partial charge < -0.3 is 5.32 Å². The van der Waals surface area contributed by atoms with E-state index in [2.05, 4.69) is 31.0 Å². The maximum absolute atomic E-state index is 3.51. The van der Waals surface area contributed by atoms with Gasteiger partial charge in [0.2, 0.25) is 0 Å². The predicted octanol–water partition coefficient (Wildman–Crippen LogP) is 2.28. The summed E-state index contributed by atoms with van der Waals surface area (Å²) < 4.78 is 0. The topological polar surface area (TPSA) is 15.3 Å². The van der Waals surface area contributed by atoms with Gasteiger partial charge in [-0.15, -0.1) is 12.4 Å². The van der Waals surface area contributed by atoms with Crippen LogP contribution in [0.3, 0.4) is 0 Å². The van der Waals surface area contributed by atoms with Crippen molar-refractivity contribution in [3.63, 3.8) is 0 Å². The van der Waals surface area contributed by atoms with Crippen LogP contribution in [0.4, 0.5) is 0 Å². The number of hydrogen-bond donors (Lipinski definition) is 1. The number of rotatable bonds is 1. The van der Waals surface area contributed by atoms with E-state index in [-0.39, 0.29) is 12.4 Å². The highest BCUT2D eigenvalue weighted by Gasteiger charge is 2.35. The zero-order valence-corrected chi connectivity index (χ0v) is 11.0. The molecular formula is C12H25ClN2. The van der Waals surface area contributed by atoms with Crippen LogP contribution in [-0.4, -0.2) is 36.1 Å². The van der Waals surface area contributed by atoms with Crippen molar-refractivity contribution < 1.29 is 0 Å². The number of halogens is 1. The SMILES string of the molecule is CC1CCCC1N1[C@H](C)CNC[C@@H]1C.Cl. The molecule has 2 rings (SSSR count). The highest BCUT2D eigenvalue weighted by atomic mass is 35.5. The summed E-state index contributed by atoms with van der Waals surface area (Å²) in [5.74, 6) is 0.915. The van der Waals surface area contributed by atoms with E-state index < -0.39 is 0 Å². The van der Waals surface area contributed by atoms with Crippen LogP contribution in [0, 0.1) is 5.92 Å². The quantitative estimate of drug-likeness (QED) is 0.747. The van der Waals surface area contributed by atoms with Gasteiger partial charge >= 0.3 is 0 Å². The molecule has 2 fully saturated rings. The monoisotopic (exact) mass is 232 g/mol. The van der Waals surface area contributed by atoms with Crippen LogP contribution in [0.2, 0.25) is 0 Å². The van der Waals surface area contributed by atoms with Crippen molar-refractivity contribution in [1.29, 1.82) is 0 Å². The van der Waals surface area contributed by atoms with Crippen LogP contribution in [0.1, 0.15) is 40.0 Å². The average Bonchev–Trinajstić information content (AvgIpc) is 2.52. The molecule has 2 unspecified atom stereocenters. The number of piperazine rings is 1. The second-order valence-corrected chi connectivity index (χ2v) is 5.28. The Morgan fingerprint density at radius 3 is 2.07 bits per heavy atom. The lowest BCUT2D eigenvalue weighted by molar-refractivity contribution is 0.0512. The zero-order chi connectivity index (χ0) is 10.1. The average molecular weight is 233 g/mol. The molecule has 0 radical (unpaired) electrons. The Kier molecular flexibility index (Phi) is 4.88. The summed E-state index contributed by atoms with van der Waals surface area (Å²) in [6.45, 7) is 9.52. The molecule has 1 heterocycles. The third-order valence-electron chi connectivity index (χ3n) is 4.10. The Bertz CT molecular complexity index is 188. The van der Waals surface area contributed by atoms with E-state index in [1.165, 1.54) is 32.4 Å². The van der Waals surface area contributed by atoms with Crippen LogP contribution in [0.15, 0.2) is 0 Å². The molecule has 15 heavy (non-hydrogen) atoms. The van der Waals surface area contributed by atoms with Gasteiger partial charge in [-0.3, -0.25) is 4.90 Å². The molecule has 0 bridgehead atoms. The van der Waals surface area contributed by atoms with Crippen LogP contribution >= 0.6 is 12.4 Å². The fourth-order valence-electron chi connectivity index (χ4n) is 3.37. The summed E-state index contributed by atoms with van der Waals surface area (Å²) in [4.78, 5) is 2.77. The molecule has 0 spiro atoms. The molecule has 3 heteroatoms. The Morgan fingerprint density at radius 2 is 1.60 bits per heavy atom. The third kappa shape index (κ3) is 2.66. The molecule has 2 aliphatic rings. The standard InChI is InChI=1S/C12H24N2.ClH/c1-9-5-4-6-12(9)14-10(2)7-13-8-11(14)3;/h9-13H,4-8H2,1-3H3;1H/t9?,10-,11+,12?;. The summed E-state index contributed by atoms with van der Waals surface area (Å²) in [6, 6.07) is 2.32. The van der Waals surface area contributed by atoms with Gasteiger partial charge in [0, 0.05) is 31.2 Å². The molecule has 1 N–H and O–H groups in total. The minimum Gasteiger partial charge on any atom is -0.314 e. The Hall–Kier alpha value is 0.210. The van der Waals surface area contributed by atoms with Crippen molar-refractivity contribution in [3.8, 4) is 0 Å². The zero-order valence-electron chi connectivity index (χ0n) is 10.2. The van der Waals surface area contributed by atoms with E-state index in [0.29, 0.717) is 0 Å². The highest BCUT2D eigenvalue weighted by Crippen LogP contribution is 2.32. The van der Waals surface area contributed by atoms with Crippen molar-refractivity contribution in [2.24, 2.45) is 5.92 Å². The molecule has 1 saturated carbocycles. The number of hydrogen-bond acceptors (Lipinski definition) is 2. The van der Waals surface area contributed by atoms with E-state index in [0.717, 1.165) is 24.0 Å². The molecule has 1 aliphatic heterocycles. The molecule has 1 aliphatic carbocycles. The van der Waals surface area contributed by atoms with Gasteiger partial charge in [0.25, 0.3) is 0 Å². The van der Waals surface area contributed by atoms with Gasteiger partial charge in [0.1, 0.15) is 0 Å². The molecule has 1 saturated heterocycles. The lowest BCUT2D eigenvalue weighted by atomic mass is 9.99. The molecule has 0 aromatic heterocycles. The maximum atomic E-state index is 3.51. The van der Waals surface area contributed by atoms with Gasteiger partial charge in [-0.05, 0) is 32.6 Å². The predicted molar refractivity (Wildman–Crippen MR) is 67.7 cm³/mol. The molecule has 0 amide bonds. The number of nitrogens with zero attached hydrogens (tertiary/aromatic N) is 1. The fraction of sp³-hybridized carbons (Fsp3) is 1.00. The van der Waals surface area contributed by atoms with Crippen LogP contribution in [0.5, 0.6) is 0 Å². The van der Waals surface area contributed by atoms with Crippen LogP contribution < -0.4 is 5.32 Å². The van der Waals surface area contributed by atoms with Crippen molar-refractivity contribution in [1.82, 2.24) is 10.2 Å². The van der Waals surface area contributed by atoms with Gasteiger partial charge in [-0.25, -0.2) is 0 Å². The molecule has 0 aromatic rings. The molecular weight excluding hydrogens is 208 g/mol. The third-order valence-corrected chi connectivity index (χ3v) is 4.10. The fourth-order valence-corrected chi connectivity index (χ4v) is 3.37. The summed E-state index contributed by atoms with van der Waals surface area (Å²) in [7, 11) is 0. The lowest BCUT2D eigenvalue weighted by Gasteiger charge is -2.45. The smallest absolute Gasteiger partial charge is 0.0198 e. The van der Waals surface area contributed by atoms with Crippen LogP contribution in [-0.2, 0) is 0 Å². The summed E-state index contributed by atoms with van der Waals surface area (Å²) in [5, 5.41) is 3.51. The highest BCUT2D eigenvalue weighted by molar-refractivity contribution is 5.85. The molecule has 4 atom stereocenters. The van der Waals surface area contributed by atoms with E-state index >= 15 is 0 Å². The van der Waals surface area contributed by atoms with Crippen molar-refractivity contribution in [2.75, 3.05) is 13.1 Å². The van der Waals surface area contributed by atoms with Crippen molar-refractivity contribution >= 4 is 12.4 Å². The van der Waals surface area contributed by atoms with Gasteiger partial charge in [0.05, 0.1) is 0 Å². The first-order valence-electron chi connectivity index (χ1n) is 6.18. The molecule has 0 aromatic carbocycles. The number of nitrogens with one attached hydrogen (secondary N) is 1. The summed E-state index contributed by atoms with van der Waals surface area (Å²) in [6.07, 6.45) is 4.30. The Morgan fingerprint density at radius 1 is 1.00 bits per heavy atom. The minimum atomic E-state index is 0. The Labute approximate surface area is 100 Å². The van der Waals surface area contributed by atoms with Crippen molar-refractivity contribution in [3.05, 3.63) is 0 Å². The van der Waals surface area contributed by atoms with Gasteiger partial charge in [-0.1, -0.05) is 13.3 Å². The van der Waals surface area contributed by atoms with Gasteiger partial charge in [0.15, 0.2) is 0 Å². The van der Waals surface area contributed by atoms with Gasteiger partial charge in [-0.2, -0.15) is 0 Å². The maximum Gasteiger partial charge on any atom is 0.0198 e. The van der Waals surface area contributed by atoms with Crippen LogP contribution in [0.25, 0.3) is 0 Å². The lowest BCUT2D eigenvalue weighted by Crippen LogP contribution is -2.59. The molecule has 90 valence electrons. The van der Waals surface area contributed by atoms with E-state index in [4.69, 9.17) is 0 Å².